The van der Waals surface area contributed by atoms with Crippen molar-refractivity contribution in [3.63, 3.8) is 0 Å². The molecule has 2 heterocycles. The monoisotopic (exact) mass is 489 g/mol. The molecule has 0 saturated carbocycles. The molecule has 0 aliphatic heterocycles. The zero-order chi connectivity index (χ0) is 25.1. The van der Waals surface area contributed by atoms with Gasteiger partial charge in [-0.3, -0.25) is 4.79 Å². The maximum atomic E-state index is 12.8. The number of unbranched alkanes of at least 4 members (excludes halogenated alkanes) is 2. The Hall–Kier alpha value is -2.74. The first-order valence-corrected chi connectivity index (χ1v) is 12.6. The Balaban J connectivity index is 1.94. The fraction of sp³-hybridized carbons (Fsp3) is 0.538. The minimum absolute atomic E-state index is 0.0363. The number of methoxy groups -OCH3 is 1. The van der Waals surface area contributed by atoms with E-state index in [1.54, 1.807) is 11.3 Å². The zero-order valence-electron chi connectivity index (χ0n) is 20.5. The number of rotatable bonds is 13. The van der Waals surface area contributed by atoms with E-state index in [0.29, 0.717) is 25.0 Å². The van der Waals surface area contributed by atoms with Gasteiger partial charge in [0.2, 0.25) is 0 Å². The SMILES string of the molecule is CCCCc1ccc(CC(C)CC(=O)c2c(O)cc(C(C)CCCC=NC(=O)OC)oc2=O)s1. The van der Waals surface area contributed by atoms with Crippen LogP contribution in [0.4, 0.5) is 4.79 Å². The van der Waals surface area contributed by atoms with Gasteiger partial charge >= 0.3 is 11.7 Å². The van der Waals surface area contributed by atoms with Gasteiger partial charge < -0.3 is 14.3 Å². The third kappa shape index (κ3) is 8.56. The van der Waals surface area contributed by atoms with Crippen molar-refractivity contribution >= 4 is 29.4 Å². The van der Waals surface area contributed by atoms with E-state index in [0.717, 1.165) is 19.3 Å². The van der Waals surface area contributed by atoms with Crippen LogP contribution in [0.5, 0.6) is 5.75 Å². The second-order valence-corrected chi connectivity index (χ2v) is 9.97. The summed E-state index contributed by atoms with van der Waals surface area (Å²) < 4.78 is 9.81. The highest BCUT2D eigenvalue weighted by molar-refractivity contribution is 7.11. The van der Waals surface area contributed by atoms with E-state index in [2.05, 4.69) is 28.8 Å². The van der Waals surface area contributed by atoms with Gasteiger partial charge in [0.25, 0.3) is 0 Å². The topological polar surface area (TPSA) is 106 Å². The lowest BCUT2D eigenvalue weighted by atomic mass is 9.96. The molecule has 2 atom stereocenters. The molecule has 2 aromatic rings. The highest BCUT2D eigenvalue weighted by Gasteiger charge is 2.23. The van der Waals surface area contributed by atoms with Crippen LogP contribution in [0.1, 0.15) is 91.1 Å². The molecule has 7 nitrogen and oxygen atoms in total. The van der Waals surface area contributed by atoms with Crippen LogP contribution in [0.2, 0.25) is 0 Å². The van der Waals surface area contributed by atoms with Crippen LogP contribution in [-0.2, 0) is 17.6 Å². The average molecular weight is 490 g/mol. The van der Waals surface area contributed by atoms with E-state index in [1.165, 1.54) is 35.6 Å². The highest BCUT2D eigenvalue weighted by Crippen LogP contribution is 2.27. The Morgan fingerprint density at radius 2 is 1.97 bits per heavy atom. The summed E-state index contributed by atoms with van der Waals surface area (Å²) >= 11 is 1.78. The van der Waals surface area contributed by atoms with E-state index in [4.69, 9.17) is 4.42 Å². The summed E-state index contributed by atoms with van der Waals surface area (Å²) in [5, 5.41) is 10.4. The lowest BCUT2D eigenvalue weighted by Crippen LogP contribution is -2.18. The molecule has 1 amide bonds. The molecule has 2 rings (SSSR count). The number of ether oxygens (including phenoxy) is 1. The van der Waals surface area contributed by atoms with Crippen molar-refractivity contribution in [2.24, 2.45) is 10.9 Å². The number of hydrogen-bond acceptors (Lipinski definition) is 7. The number of aliphatic imine (C=N–C) groups is 1. The van der Waals surface area contributed by atoms with Gasteiger partial charge in [0.1, 0.15) is 17.1 Å². The normalized spacial score (nSPS) is 13.2. The third-order valence-electron chi connectivity index (χ3n) is 5.63. The summed E-state index contributed by atoms with van der Waals surface area (Å²) in [6, 6.07) is 5.63. The first-order valence-electron chi connectivity index (χ1n) is 11.8. The Bertz CT molecular complexity index is 1040. The molecular weight excluding hydrogens is 454 g/mol. The van der Waals surface area contributed by atoms with Crippen molar-refractivity contribution in [3.8, 4) is 5.75 Å². The van der Waals surface area contributed by atoms with Gasteiger partial charge in [0.15, 0.2) is 5.78 Å². The summed E-state index contributed by atoms with van der Waals surface area (Å²) in [5.41, 5.74) is -1.08. The molecule has 0 aliphatic carbocycles. The van der Waals surface area contributed by atoms with Crippen LogP contribution < -0.4 is 5.63 Å². The molecule has 34 heavy (non-hydrogen) atoms. The number of nitrogens with zero attached hydrogens (tertiary/aromatic N) is 1. The number of thiophene rings is 1. The van der Waals surface area contributed by atoms with Gasteiger partial charge in [0.05, 0.1) is 7.11 Å². The van der Waals surface area contributed by atoms with Gasteiger partial charge in [-0.25, -0.2) is 9.59 Å². The smallest absolute Gasteiger partial charge is 0.432 e. The number of carbonyl (C=O) groups excluding carboxylic acids is 2. The largest absolute Gasteiger partial charge is 0.507 e. The van der Waals surface area contributed by atoms with Gasteiger partial charge in [-0.15, -0.1) is 11.3 Å². The zero-order valence-corrected chi connectivity index (χ0v) is 21.3. The molecule has 2 unspecified atom stereocenters. The fourth-order valence-electron chi connectivity index (χ4n) is 3.70. The minimum Gasteiger partial charge on any atom is -0.507 e. The molecule has 0 saturated heterocycles. The van der Waals surface area contributed by atoms with Crippen LogP contribution in [0.25, 0.3) is 0 Å². The number of ketones is 1. The van der Waals surface area contributed by atoms with E-state index < -0.39 is 17.5 Å². The van der Waals surface area contributed by atoms with Crippen molar-refractivity contribution in [2.75, 3.05) is 7.11 Å². The number of hydrogen-bond donors (Lipinski definition) is 1. The van der Waals surface area contributed by atoms with Crippen LogP contribution >= 0.6 is 11.3 Å². The third-order valence-corrected chi connectivity index (χ3v) is 6.80. The molecule has 186 valence electrons. The molecule has 0 aliphatic rings. The molecule has 0 bridgehead atoms. The first kappa shape index (κ1) is 27.5. The summed E-state index contributed by atoms with van der Waals surface area (Å²) in [4.78, 5) is 42.4. The lowest BCUT2D eigenvalue weighted by Gasteiger charge is -2.12. The lowest BCUT2D eigenvalue weighted by molar-refractivity contribution is 0.0957. The molecule has 0 spiro atoms. The minimum atomic E-state index is -0.802. The molecule has 1 N–H and O–H groups in total. The van der Waals surface area contributed by atoms with Gasteiger partial charge in [0, 0.05) is 34.4 Å². The molecule has 0 fully saturated rings. The van der Waals surface area contributed by atoms with E-state index in [1.807, 2.05) is 13.8 Å². The molecule has 8 heteroatoms. The maximum absolute atomic E-state index is 12.8. The summed E-state index contributed by atoms with van der Waals surface area (Å²) in [7, 11) is 1.26. The fourth-order valence-corrected chi connectivity index (χ4v) is 4.92. The molecule has 2 aromatic heterocycles. The Morgan fingerprint density at radius 1 is 1.24 bits per heavy atom. The highest BCUT2D eigenvalue weighted by atomic mass is 32.1. The summed E-state index contributed by atoms with van der Waals surface area (Å²) in [5.74, 6) is -0.515. The number of carbonyl (C=O) groups is 2. The van der Waals surface area contributed by atoms with Crippen LogP contribution in [0.3, 0.4) is 0 Å². The van der Waals surface area contributed by atoms with Crippen molar-refractivity contribution in [2.45, 2.75) is 78.1 Å². The summed E-state index contributed by atoms with van der Waals surface area (Å²) in [6.45, 7) is 6.02. The van der Waals surface area contributed by atoms with E-state index in [9.17, 15) is 19.5 Å². The maximum Gasteiger partial charge on any atom is 0.432 e. The number of Topliss-reactive ketones (excluding diaryl/α,β-unsaturated/α-hetero) is 1. The van der Waals surface area contributed by atoms with Crippen molar-refractivity contribution in [1.29, 1.82) is 0 Å². The second-order valence-electron chi connectivity index (χ2n) is 8.72. The standard InChI is InChI=1S/C26H35NO6S/c1-5-6-10-19-11-12-20(34-19)14-17(2)15-21(28)24-22(29)16-23(33-25(24)30)18(3)9-7-8-13-27-26(31)32-4/h11-13,16-18,29H,5-10,14-15H2,1-4H3. The quantitative estimate of drug-likeness (QED) is 0.201. The molecular formula is C26H35NO6S. The van der Waals surface area contributed by atoms with E-state index >= 15 is 0 Å². The number of aryl methyl sites for hydroxylation is 1. The van der Waals surface area contributed by atoms with Crippen LogP contribution in [0, 0.1) is 5.92 Å². The summed E-state index contributed by atoms with van der Waals surface area (Å²) in [6.07, 6.45) is 7.08. The number of amides is 1. The van der Waals surface area contributed by atoms with Gasteiger partial charge in [-0.1, -0.05) is 27.2 Å². The number of aromatic hydroxyl groups is 1. The molecule has 0 aromatic carbocycles. The van der Waals surface area contributed by atoms with E-state index in [-0.39, 0.29) is 29.6 Å². The van der Waals surface area contributed by atoms with Crippen LogP contribution in [0.15, 0.2) is 32.4 Å². The average Bonchev–Trinajstić information content (AvgIpc) is 3.23. The Morgan fingerprint density at radius 3 is 2.65 bits per heavy atom. The first-order chi connectivity index (χ1) is 16.2. The molecule has 0 radical (unpaired) electrons. The Labute approximate surface area is 204 Å². The predicted octanol–water partition coefficient (Wildman–Crippen LogP) is 6.31. The van der Waals surface area contributed by atoms with Gasteiger partial charge in [-0.05, 0) is 56.6 Å². The van der Waals surface area contributed by atoms with Crippen molar-refractivity contribution in [1.82, 2.24) is 0 Å². The van der Waals surface area contributed by atoms with Crippen molar-refractivity contribution < 1.29 is 23.8 Å². The van der Waals surface area contributed by atoms with Crippen LogP contribution in [-0.4, -0.2) is 30.3 Å². The second kappa shape index (κ2) is 13.8. The predicted molar refractivity (Wildman–Crippen MR) is 135 cm³/mol. The van der Waals surface area contributed by atoms with Gasteiger partial charge in [-0.2, -0.15) is 4.99 Å². The Kier molecular flexibility index (Phi) is 11.2. The van der Waals surface area contributed by atoms with Crippen molar-refractivity contribution in [3.05, 3.63) is 49.7 Å².